The van der Waals surface area contributed by atoms with Crippen LogP contribution in [0.15, 0.2) is 34.2 Å². The maximum atomic E-state index is 12.3. The van der Waals surface area contributed by atoms with E-state index in [0.29, 0.717) is 10.8 Å². The second-order valence-corrected chi connectivity index (χ2v) is 5.35. The number of aromatic nitrogens is 4. The normalized spacial score (nSPS) is 11.3. The van der Waals surface area contributed by atoms with E-state index in [4.69, 9.17) is 0 Å². The van der Waals surface area contributed by atoms with Crippen molar-refractivity contribution in [2.75, 3.05) is 0 Å². The van der Waals surface area contributed by atoms with E-state index in [-0.39, 0.29) is 11.3 Å². The predicted octanol–water partition coefficient (Wildman–Crippen LogP) is 1.04. The molecule has 0 aliphatic rings. The van der Waals surface area contributed by atoms with Crippen LogP contribution in [0, 0.1) is 13.8 Å². The molecule has 3 aromatic rings. The van der Waals surface area contributed by atoms with E-state index in [2.05, 4.69) is 25.8 Å². The third-order valence-corrected chi connectivity index (χ3v) is 3.84. The van der Waals surface area contributed by atoms with Crippen LogP contribution in [0.3, 0.4) is 0 Å². The Balaban J connectivity index is 1.87. The summed E-state index contributed by atoms with van der Waals surface area (Å²) in [6.45, 7) is 3.79. The van der Waals surface area contributed by atoms with Crippen LogP contribution in [0.4, 0.5) is 0 Å². The van der Waals surface area contributed by atoms with Gasteiger partial charge in [0.25, 0.3) is 11.5 Å². The molecule has 0 atom stereocenters. The summed E-state index contributed by atoms with van der Waals surface area (Å²) in [5.41, 5.74) is 4.81. The number of hydrazone groups is 1. The molecule has 0 spiro atoms. The molecule has 3 rings (SSSR count). The van der Waals surface area contributed by atoms with Crippen LogP contribution >= 0.6 is 0 Å². The van der Waals surface area contributed by atoms with Crippen molar-refractivity contribution in [1.82, 2.24) is 25.4 Å². The summed E-state index contributed by atoms with van der Waals surface area (Å²) in [5.74, 6) is -0.502. The van der Waals surface area contributed by atoms with Gasteiger partial charge in [-0.3, -0.25) is 14.3 Å². The highest BCUT2D eigenvalue weighted by Crippen LogP contribution is 2.12. The lowest BCUT2D eigenvalue weighted by atomic mass is 10.1. The Hall–Kier alpha value is -3.29. The Morgan fingerprint density at radius 2 is 2.00 bits per heavy atom. The van der Waals surface area contributed by atoms with Gasteiger partial charge in [-0.15, -0.1) is 0 Å². The number of amides is 1. The molecule has 0 radical (unpaired) electrons. The standard InChI is InChI=1S/C16H16N6O2/c1-9-13(10(2)22(3)21-9)8-17-19-16(24)14-11-6-4-5-7-12(11)15(23)20-18-14/h4-8H,1-3H3,(H,19,24)(H,20,23)/b17-8-. The van der Waals surface area contributed by atoms with Gasteiger partial charge in [0.05, 0.1) is 17.3 Å². The molecular weight excluding hydrogens is 308 g/mol. The zero-order valence-corrected chi connectivity index (χ0v) is 13.5. The number of carbonyl (C=O) groups excluding carboxylic acids is 1. The second kappa shape index (κ2) is 6.07. The Morgan fingerprint density at radius 3 is 2.67 bits per heavy atom. The first-order valence-corrected chi connectivity index (χ1v) is 7.30. The molecule has 0 aliphatic heterocycles. The minimum Gasteiger partial charge on any atom is -0.272 e. The van der Waals surface area contributed by atoms with Crippen molar-refractivity contribution >= 4 is 22.9 Å². The molecule has 0 fully saturated rings. The molecule has 8 nitrogen and oxygen atoms in total. The average Bonchev–Trinajstić information content (AvgIpc) is 2.81. The quantitative estimate of drug-likeness (QED) is 0.554. The van der Waals surface area contributed by atoms with Gasteiger partial charge in [0, 0.05) is 23.7 Å². The van der Waals surface area contributed by atoms with Gasteiger partial charge >= 0.3 is 0 Å². The predicted molar refractivity (Wildman–Crippen MR) is 90.1 cm³/mol. The number of rotatable bonds is 3. The maximum absolute atomic E-state index is 12.3. The second-order valence-electron chi connectivity index (χ2n) is 5.35. The van der Waals surface area contributed by atoms with E-state index < -0.39 is 5.91 Å². The highest BCUT2D eigenvalue weighted by Gasteiger charge is 2.13. The van der Waals surface area contributed by atoms with Crippen LogP contribution in [-0.4, -0.2) is 32.1 Å². The summed E-state index contributed by atoms with van der Waals surface area (Å²) < 4.78 is 1.75. The fourth-order valence-electron chi connectivity index (χ4n) is 2.47. The lowest BCUT2D eigenvalue weighted by Gasteiger charge is -2.03. The summed E-state index contributed by atoms with van der Waals surface area (Å²) in [4.78, 5) is 24.0. The molecule has 1 amide bonds. The topological polar surface area (TPSA) is 105 Å². The highest BCUT2D eigenvalue weighted by molar-refractivity contribution is 6.04. The van der Waals surface area contributed by atoms with Crippen molar-refractivity contribution in [2.24, 2.45) is 12.1 Å². The van der Waals surface area contributed by atoms with Gasteiger partial charge in [0.1, 0.15) is 0 Å². The molecule has 1 aromatic carbocycles. The number of hydrogen-bond donors (Lipinski definition) is 2. The van der Waals surface area contributed by atoms with E-state index in [1.807, 2.05) is 20.9 Å². The van der Waals surface area contributed by atoms with Crippen LogP contribution in [0.1, 0.15) is 27.4 Å². The number of nitrogens with one attached hydrogen (secondary N) is 2. The van der Waals surface area contributed by atoms with Crippen LogP contribution in [0.2, 0.25) is 0 Å². The number of aryl methyl sites for hydroxylation is 2. The van der Waals surface area contributed by atoms with Gasteiger partial charge < -0.3 is 0 Å². The van der Waals surface area contributed by atoms with Crippen molar-refractivity contribution in [3.8, 4) is 0 Å². The number of aromatic amines is 1. The molecule has 2 aromatic heterocycles. The number of nitrogens with zero attached hydrogens (tertiary/aromatic N) is 4. The number of hydrogen-bond acceptors (Lipinski definition) is 5. The van der Waals surface area contributed by atoms with E-state index >= 15 is 0 Å². The van der Waals surface area contributed by atoms with Crippen molar-refractivity contribution in [1.29, 1.82) is 0 Å². The Labute approximate surface area is 137 Å². The molecule has 0 saturated heterocycles. The molecule has 0 unspecified atom stereocenters. The largest absolute Gasteiger partial charge is 0.292 e. The van der Waals surface area contributed by atoms with E-state index in [0.717, 1.165) is 17.0 Å². The van der Waals surface area contributed by atoms with Crippen LogP contribution in [0.5, 0.6) is 0 Å². The first-order chi connectivity index (χ1) is 11.5. The van der Waals surface area contributed by atoms with Crippen LogP contribution in [-0.2, 0) is 7.05 Å². The summed E-state index contributed by atoms with van der Waals surface area (Å²) in [5, 5.41) is 15.3. The molecular formula is C16H16N6O2. The smallest absolute Gasteiger partial charge is 0.272 e. The minimum absolute atomic E-state index is 0.113. The molecule has 8 heteroatoms. The lowest BCUT2D eigenvalue weighted by molar-refractivity contribution is 0.0951. The Kier molecular flexibility index (Phi) is 3.95. The molecule has 2 heterocycles. The summed E-state index contributed by atoms with van der Waals surface area (Å²) in [6, 6.07) is 6.78. The Morgan fingerprint density at radius 1 is 1.29 bits per heavy atom. The van der Waals surface area contributed by atoms with Crippen LogP contribution < -0.4 is 11.0 Å². The number of benzene rings is 1. The van der Waals surface area contributed by atoms with Gasteiger partial charge in [-0.1, -0.05) is 18.2 Å². The zero-order chi connectivity index (χ0) is 17.3. The number of fused-ring (bicyclic) bond motifs is 1. The summed E-state index contributed by atoms with van der Waals surface area (Å²) in [6.07, 6.45) is 1.55. The fourth-order valence-corrected chi connectivity index (χ4v) is 2.47. The monoisotopic (exact) mass is 324 g/mol. The molecule has 0 aliphatic carbocycles. The zero-order valence-electron chi connectivity index (χ0n) is 13.5. The first kappa shape index (κ1) is 15.6. The van der Waals surface area contributed by atoms with Gasteiger partial charge in [0.2, 0.25) is 0 Å². The molecule has 122 valence electrons. The summed E-state index contributed by atoms with van der Waals surface area (Å²) >= 11 is 0. The third-order valence-electron chi connectivity index (χ3n) is 3.84. The van der Waals surface area contributed by atoms with Crippen LogP contribution in [0.25, 0.3) is 10.8 Å². The van der Waals surface area contributed by atoms with Gasteiger partial charge in [-0.05, 0) is 19.9 Å². The van der Waals surface area contributed by atoms with E-state index in [9.17, 15) is 9.59 Å². The number of carbonyl (C=O) groups is 1. The van der Waals surface area contributed by atoms with Gasteiger partial charge in [0.15, 0.2) is 5.69 Å². The van der Waals surface area contributed by atoms with Crippen molar-refractivity contribution in [2.45, 2.75) is 13.8 Å². The maximum Gasteiger partial charge on any atom is 0.292 e. The molecule has 0 bridgehead atoms. The molecule has 2 N–H and O–H groups in total. The lowest BCUT2D eigenvalue weighted by Crippen LogP contribution is -2.22. The highest BCUT2D eigenvalue weighted by atomic mass is 16.2. The summed E-state index contributed by atoms with van der Waals surface area (Å²) in [7, 11) is 1.84. The minimum atomic E-state index is -0.502. The van der Waals surface area contributed by atoms with Crippen molar-refractivity contribution in [3.63, 3.8) is 0 Å². The molecule has 0 saturated carbocycles. The van der Waals surface area contributed by atoms with E-state index in [1.54, 1.807) is 35.2 Å². The SMILES string of the molecule is Cc1nn(C)c(C)c1/C=N\NC(=O)c1n[nH]c(=O)c2ccccc12. The van der Waals surface area contributed by atoms with Crippen molar-refractivity contribution < 1.29 is 4.79 Å². The van der Waals surface area contributed by atoms with Gasteiger partial charge in [-0.2, -0.15) is 15.3 Å². The Bertz CT molecular complexity index is 1020. The average molecular weight is 324 g/mol. The van der Waals surface area contributed by atoms with Crippen molar-refractivity contribution in [3.05, 3.63) is 57.3 Å². The fraction of sp³-hybridized carbons (Fsp3) is 0.188. The third kappa shape index (κ3) is 2.69. The number of H-pyrrole nitrogens is 1. The first-order valence-electron chi connectivity index (χ1n) is 7.30. The van der Waals surface area contributed by atoms with Gasteiger partial charge in [-0.25, -0.2) is 10.5 Å². The molecule has 24 heavy (non-hydrogen) atoms. The van der Waals surface area contributed by atoms with E-state index in [1.165, 1.54) is 0 Å².